The maximum atomic E-state index is 12.9. The number of aryl methyl sites for hydroxylation is 1. The van der Waals surface area contributed by atoms with E-state index >= 15 is 0 Å². The van der Waals surface area contributed by atoms with Crippen LogP contribution in [0.1, 0.15) is 57.8 Å². The van der Waals surface area contributed by atoms with Crippen LogP contribution >= 0.6 is 0 Å². The lowest BCUT2D eigenvalue weighted by Gasteiger charge is -2.26. The van der Waals surface area contributed by atoms with Gasteiger partial charge in [-0.25, -0.2) is 4.98 Å². The molecular weight excluding hydrogens is 298 g/mol. The van der Waals surface area contributed by atoms with Crippen LogP contribution in [0.4, 0.5) is 0 Å². The fourth-order valence-electron chi connectivity index (χ4n) is 4.24. The van der Waals surface area contributed by atoms with Crippen LogP contribution in [0.25, 0.3) is 11.0 Å². The molecule has 128 valence electrons. The maximum absolute atomic E-state index is 12.9. The van der Waals surface area contributed by atoms with Gasteiger partial charge in [-0.3, -0.25) is 4.79 Å². The van der Waals surface area contributed by atoms with Gasteiger partial charge >= 0.3 is 0 Å². The average molecular weight is 325 g/mol. The number of imidazole rings is 1. The zero-order valence-corrected chi connectivity index (χ0v) is 14.7. The summed E-state index contributed by atoms with van der Waals surface area (Å²) in [4.78, 5) is 19.9. The lowest BCUT2D eigenvalue weighted by molar-refractivity contribution is -0.133. The first-order chi connectivity index (χ1) is 11.7. The van der Waals surface area contributed by atoms with Crippen LogP contribution in [0.15, 0.2) is 24.3 Å². The van der Waals surface area contributed by atoms with E-state index in [4.69, 9.17) is 4.98 Å². The van der Waals surface area contributed by atoms with Gasteiger partial charge in [-0.05, 0) is 56.6 Å². The number of hydrogen-bond donors (Lipinski definition) is 0. The molecule has 2 fully saturated rings. The van der Waals surface area contributed by atoms with Gasteiger partial charge in [0.15, 0.2) is 0 Å². The SMILES string of the molecule is CCn1c([C@@H]2CCCN2C(=O)C[C@H](C)C2CC2)nc2ccccc21. The Balaban J connectivity index is 1.61. The van der Waals surface area contributed by atoms with Gasteiger partial charge in [-0.1, -0.05) is 19.1 Å². The Bertz CT molecular complexity index is 746. The first-order valence-corrected chi connectivity index (χ1v) is 9.43. The molecule has 1 saturated carbocycles. The molecule has 1 saturated heterocycles. The third kappa shape index (κ3) is 2.72. The first kappa shape index (κ1) is 15.7. The van der Waals surface area contributed by atoms with Crippen molar-refractivity contribution in [3.63, 3.8) is 0 Å². The Morgan fingerprint density at radius 3 is 2.83 bits per heavy atom. The summed E-state index contributed by atoms with van der Waals surface area (Å²) in [5.74, 6) is 2.72. The minimum Gasteiger partial charge on any atom is -0.332 e. The van der Waals surface area contributed by atoms with E-state index < -0.39 is 0 Å². The number of amides is 1. The molecule has 4 nitrogen and oxygen atoms in total. The monoisotopic (exact) mass is 325 g/mol. The number of carbonyl (C=O) groups excluding carboxylic acids is 1. The Hall–Kier alpha value is -1.84. The zero-order valence-electron chi connectivity index (χ0n) is 14.7. The minimum absolute atomic E-state index is 0.149. The van der Waals surface area contributed by atoms with Crippen LogP contribution < -0.4 is 0 Å². The number of rotatable bonds is 5. The molecule has 2 aromatic rings. The topological polar surface area (TPSA) is 38.1 Å². The lowest BCUT2D eigenvalue weighted by atomic mass is 10.0. The van der Waals surface area contributed by atoms with Crippen LogP contribution in [-0.2, 0) is 11.3 Å². The Labute approximate surface area is 143 Å². The molecule has 0 spiro atoms. The molecule has 1 aliphatic carbocycles. The molecule has 0 radical (unpaired) electrons. The number of likely N-dealkylation sites (tertiary alicyclic amines) is 1. The van der Waals surface area contributed by atoms with Gasteiger partial charge in [0.05, 0.1) is 17.1 Å². The van der Waals surface area contributed by atoms with Crippen molar-refractivity contribution in [2.75, 3.05) is 6.54 Å². The Morgan fingerprint density at radius 1 is 1.29 bits per heavy atom. The second-order valence-electron chi connectivity index (χ2n) is 7.47. The molecule has 1 aromatic heterocycles. The Kier molecular flexibility index (Phi) is 4.07. The number of nitrogens with zero attached hydrogens (tertiary/aromatic N) is 3. The summed E-state index contributed by atoms with van der Waals surface area (Å²) in [5, 5.41) is 0. The van der Waals surface area contributed by atoms with E-state index in [2.05, 4.69) is 41.5 Å². The van der Waals surface area contributed by atoms with Gasteiger partial charge in [0.2, 0.25) is 5.91 Å². The smallest absolute Gasteiger partial charge is 0.223 e. The standard InChI is InChI=1S/C20H27N3O/c1-3-22-17-8-5-4-7-16(17)21-20(22)18-9-6-12-23(18)19(24)13-14(2)15-10-11-15/h4-5,7-8,14-15,18H,3,6,9-13H2,1-2H3/t14-,18-/m0/s1. The summed E-state index contributed by atoms with van der Waals surface area (Å²) in [6.45, 7) is 6.18. The summed E-state index contributed by atoms with van der Waals surface area (Å²) >= 11 is 0. The highest BCUT2D eigenvalue weighted by molar-refractivity contribution is 5.78. The lowest BCUT2D eigenvalue weighted by Crippen LogP contribution is -2.33. The van der Waals surface area contributed by atoms with Gasteiger partial charge in [-0.15, -0.1) is 0 Å². The van der Waals surface area contributed by atoms with E-state index in [1.807, 2.05) is 6.07 Å². The highest BCUT2D eigenvalue weighted by Gasteiger charge is 2.36. The van der Waals surface area contributed by atoms with Crippen molar-refractivity contribution in [2.24, 2.45) is 11.8 Å². The second kappa shape index (κ2) is 6.23. The molecule has 0 unspecified atom stereocenters. The van der Waals surface area contributed by atoms with E-state index in [-0.39, 0.29) is 6.04 Å². The summed E-state index contributed by atoms with van der Waals surface area (Å²) < 4.78 is 2.29. The quantitative estimate of drug-likeness (QED) is 0.828. The van der Waals surface area contributed by atoms with Crippen molar-refractivity contribution in [1.29, 1.82) is 0 Å². The molecule has 1 aromatic carbocycles. The largest absolute Gasteiger partial charge is 0.332 e. The summed E-state index contributed by atoms with van der Waals surface area (Å²) in [7, 11) is 0. The predicted octanol–water partition coefficient (Wildman–Crippen LogP) is 4.16. The fraction of sp³-hybridized carbons (Fsp3) is 0.600. The van der Waals surface area contributed by atoms with Gasteiger partial charge in [0, 0.05) is 19.5 Å². The van der Waals surface area contributed by atoms with Crippen molar-refractivity contribution in [3.8, 4) is 0 Å². The number of para-hydroxylation sites is 2. The molecule has 0 N–H and O–H groups in total. The molecule has 4 rings (SSSR count). The average Bonchev–Trinajstić information content (AvgIpc) is 3.21. The van der Waals surface area contributed by atoms with Crippen molar-refractivity contribution >= 4 is 16.9 Å². The number of hydrogen-bond acceptors (Lipinski definition) is 2. The van der Waals surface area contributed by atoms with E-state index in [9.17, 15) is 4.79 Å². The third-order valence-corrected chi connectivity index (χ3v) is 5.79. The highest BCUT2D eigenvalue weighted by atomic mass is 16.2. The van der Waals surface area contributed by atoms with Crippen LogP contribution in [0.2, 0.25) is 0 Å². The molecule has 0 bridgehead atoms. The van der Waals surface area contributed by atoms with Crippen molar-refractivity contribution in [3.05, 3.63) is 30.1 Å². The summed E-state index contributed by atoms with van der Waals surface area (Å²) in [5.41, 5.74) is 2.22. The number of carbonyl (C=O) groups is 1. The molecule has 2 heterocycles. The molecule has 2 aliphatic rings. The van der Waals surface area contributed by atoms with E-state index in [1.165, 1.54) is 18.4 Å². The molecule has 2 atom stereocenters. The van der Waals surface area contributed by atoms with Crippen molar-refractivity contribution in [2.45, 2.75) is 58.5 Å². The van der Waals surface area contributed by atoms with Crippen LogP contribution in [-0.4, -0.2) is 26.9 Å². The fourth-order valence-corrected chi connectivity index (χ4v) is 4.24. The molecular formula is C20H27N3O. The minimum atomic E-state index is 0.149. The van der Waals surface area contributed by atoms with Crippen molar-refractivity contribution < 1.29 is 4.79 Å². The van der Waals surface area contributed by atoms with Crippen LogP contribution in [0.5, 0.6) is 0 Å². The molecule has 1 amide bonds. The van der Waals surface area contributed by atoms with Gasteiger partial charge in [0.1, 0.15) is 5.82 Å². The molecule has 24 heavy (non-hydrogen) atoms. The number of aromatic nitrogens is 2. The van der Waals surface area contributed by atoms with E-state index in [1.54, 1.807) is 0 Å². The van der Waals surface area contributed by atoms with E-state index in [0.29, 0.717) is 18.2 Å². The van der Waals surface area contributed by atoms with Crippen LogP contribution in [0.3, 0.4) is 0 Å². The van der Waals surface area contributed by atoms with E-state index in [0.717, 1.165) is 43.2 Å². The highest BCUT2D eigenvalue weighted by Crippen LogP contribution is 2.40. The number of benzene rings is 1. The predicted molar refractivity (Wildman–Crippen MR) is 95.6 cm³/mol. The summed E-state index contributed by atoms with van der Waals surface area (Å²) in [6.07, 6.45) is 5.44. The van der Waals surface area contributed by atoms with Crippen molar-refractivity contribution in [1.82, 2.24) is 14.5 Å². The van der Waals surface area contributed by atoms with Crippen LogP contribution in [0, 0.1) is 11.8 Å². The molecule has 4 heteroatoms. The summed E-state index contributed by atoms with van der Waals surface area (Å²) in [6, 6.07) is 8.45. The second-order valence-corrected chi connectivity index (χ2v) is 7.47. The number of fused-ring (bicyclic) bond motifs is 1. The van der Waals surface area contributed by atoms with Gasteiger partial charge in [0.25, 0.3) is 0 Å². The third-order valence-electron chi connectivity index (χ3n) is 5.79. The first-order valence-electron chi connectivity index (χ1n) is 9.43. The Morgan fingerprint density at radius 2 is 2.08 bits per heavy atom. The normalized spacial score (nSPS) is 22.2. The van der Waals surface area contributed by atoms with Gasteiger partial charge < -0.3 is 9.47 Å². The van der Waals surface area contributed by atoms with Gasteiger partial charge in [-0.2, -0.15) is 0 Å². The molecule has 1 aliphatic heterocycles. The maximum Gasteiger partial charge on any atom is 0.223 e. The zero-order chi connectivity index (χ0) is 16.7.